The van der Waals surface area contributed by atoms with Crippen molar-refractivity contribution in [2.75, 3.05) is 28.6 Å². The highest BCUT2D eigenvalue weighted by molar-refractivity contribution is 5.90. The van der Waals surface area contributed by atoms with Gasteiger partial charge in [-0.15, -0.1) is 0 Å². The van der Waals surface area contributed by atoms with Crippen LogP contribution in [0.1, 0.15) is 91.0 Å². The highest BCUT2D eigenvalue weighted by Crippen LogP contribution is 2.26. The second-order valence-corrected chi connectivity index (χ2v) is 10.5. The number of aryl methyl sites for hydroxylation is 1. The van der Waals surface area contributed by atoms with Gasteiger partial charge >= 0.3 is 6.03 Å². The van der Waals surface area contributed by atoms with Gasteiger partial charge in [0.15, 0.2) is 5.65 Å². The normalized spacial score (nSPS) is 13.5. The number of hydrogen-bond acceptors (Lipinski definition) is 7. The number of amides is 2. The van der Waals surface area contributed by atoms with E-state index < -0.39 is 0 Å². The average Bonchev–Trinajstić information content (AvgIpc) is 3.22. The number of fused-ring (bicyclic) bond motifs is 1. The van der Waals surface area contributed by atoms with Gasteiger partial charge in [0.2, 0.25) is 5.95 Å². The Morgan fingerprint density at radius 2 is 1.76 bits per heavy atom. The molecule has 0 aliphatic heterocycles. The highest BCUT2D eigenvalue weighted by atomic mass is 16.2. The van der Waals surface area contributed by atoms with E-state index in [4.69, 9.17) is 0 Å². The molecule has 1 fully saturated rings. The maximum atomic E-state index is 12.5. The van der Waals surface area contributed by atoms with Gasteiger partial charge in [-0.1, -0.05) is 46.5 Å². The fourth-order valence-electron chi connectivity index (χ4n) is 5.16. The minimum absolute atomic E-state index is 0.218. The fourth-order valence-corrected chi connectivity index (χ4v) is 5.16. The van der Waals surface area contributed by atoms with Gasteiger partial charge in [0.25, 0.3) is 0 Å². The smallest absolute Gasteiger partial charge is 0.320 e. The van der Waals surface area contributed by atoms with Crippen LogP contribution in [0.4, 0.5) is 27.9 Å². The lowest BCUT2D eigenvalue weighted by molar-refractivity contribution is -0.117. The lowest BCUT2D eigenvalue weighted by atomic mass is 10.1. The number of carbonyl (C=O) groups is 2. The zero-order valence-electron chi connectivity index (χ0n) is 25.4. The molecule has 0 saturated heterocycles. The number of ketones is 1. The number of benzene rings is 1. The molecule has 2 amide bonds. The van der Waals surface area contributed by atoms with E-state index in [-0.39, 0.29) is 17.9 Å². The molecule has 2 aromatic heterocycles. The number of nitrogens with zero attached hydrogens (tertiary/aromatic N) is 4. The molecule has 0 atom stereocenters. The standard InChI is InChI=1S/C30H41N7O2.C2H6/c1-4-17-37(18-9-10-22(3)38)26-15-14-25(19-21(26)2)32-29-31-20-23-13-16-27(34-28(23)36-29)35-30(39)33-24-11-7-5-6-8-12-24;1-2/h13-16,19-20,24H,4-12,17-18H2,1-3H3,(H3,31,32,33,34,35,36,39);1-2H3. The van der Waals surface area contributed by atoms with Crippen molar-refractivity contribution >= 4 is 46.0 Å². The van der Waals surface area contributed by atoms with E-state index in [0.717, 1.165) is 68.3 Å². The molecule has 1 aliphatic carbocycles. The lowest BCUT2D eigenvalue weighted by Gasteiger charge is -2.26. The second kappa shape index (κ2) is 16.5. The van der Waals surface area contributed by atoms with Crippen LogP contribution >= 0.6 is 0 Å². The van der Waals surface area contributed by atoms with E-state index in [1.807, 2.05) is 26.0 Å². The van der Waals surface area contributed by atoms with Gasteiger partial charge in [-0.3, -0.25) is 5.32 Å². The predicted octanol–water partition coefficient (Wildman–Crippen LogP) is 7.53. The van der Waals surface area contributed by atoms with Crippen molar-refractivity contribution in [3.05, 3.63) is 42.1 Å². The Hall–Kier alpha value is -3.75. The number of pyridine rings is 1. The zero-order valence-corrected chi connectivity index (χ0v) is 25.4. The Balaban J connectivity index is 0.00000226. The summed E-state index contributed by atoms with van der Waals surface area (Å²) in [4.78, 5) is 39.9. The third-order valence-electron chi connectivity index (χ3n) is 7.12. The Morgan fingerprint density at radius 1 is 1.00 bits per heavy atom. The summed E-state index contributed by atoms with van der Waals surface area (Å²) < 4.78 is 0. The first kappa shape index (κ1) is 31.8. The molecule has 3 aromatic rings. The maximum Gasteiger partial charge on any atom is 0.320 e. The van der Waals surface area contributed by atoms with E-state index in [0.29, 0.717) is 23.8 Å². The quantitative estimate of drug-likeness (QED) is 0.207. The van der Waals surface area contributed by atoms with E-state index >= 15 is 0 Å². The summed E-state index contributed by atoms with van der Waals surface area (Å²) in [6.45, 7) is 11.7. The zero-order chi connectivity index (χ0) is 29.6. The van der Waals surface area contributed by atoms with Crippen LogP contribution in [-0.4, -0.2) is 45.9 Å². The molecule has 41 heavy (non-hydrogen) atoms. The van der Waals surface area contributed by atoms with Crippen LogP contribution in [-0.2, 0) is 4.79 Å². The molecule has 2 heterocycles. The van der Waals surface area contributed by atoms with Gasteiger partial charge in [0.1, 0.15) is 11.6 Å². The van der Waals surface area contributed by atoms with Crippen LogP contribution in [0.5, 0.6) is 0 Å². The molecule has 3 N–H and O–H groups in total. The van der Waals surface area contributed by atoms with Crippen molar-refractivity contribution in [2.45, 2.75) is 98.4 Å². The molecule has 0 spiro atoms. The minimum Gasteiger partial charge on any atom is -0.371 e. The number of nitrogens with one attached hydrogen (secondary N) is 3. The van der Waals surface area contributed by atoms with Crippen molar-refractivity contribution in [3.8, 4) is 0 Å². The summed E-state index contributed by atoms with van der Waals surface area (Å²) in [6, 6.07) is 9.83. The van der Waals surface area contributed by atoms with Crippen LogP contribution in [0.2, 0.25) is 0 Å². The monoisotopic (exact) mass is 561 g/mol. The summed E-state index contributed by atoms with van der Waals surface area (Å²) >= 11 is 0. The minimum atomic E-state index is -0.227. The fraction of sp³-hybridized carbons (Fsp3) is 0.531. The van der Waals surface area contributed by atoms with Crippen molar-refractivity contribution in [1.82, 2.24) is 20.3 Å². The van der Waals surface area contributed by atoms with Gasteiger partial charge in [0.05, 0.1) is 0 Å². The molecule has 1 saturated carbocycles. The molecule has 4 rings (SSSR count). The van der Waals surface area contributed by atoms with E-state index in [1.165, 1.54) is 18.5 Å². The summed E-state index contributed by atoms with van der Waals surface area (Å²) in [5.41, 5.74) is 3.70. The molecule has 1 aliphatic rings. The summed E-state index contributed by atoms with van der Waals surface area (Å²) in [7, 11) is 0. The largest absolute Gasteiger partial charge is 0.371 e. The molecule has 0 radical (unpaired) electrons. The summed E-state index contributed by atoms with van der Waals surface area (Å²) in [6.07, 6.45) is 11.1. The predicted molar refractivity (Wildman–Crippen MR) is 169 cm³/mol. The molecule has 222 valence electrons. The number of rotatable bonds is 11. The number of urea groups is 1. The van der Waals surface area contributed by atoms with Gasteiger partial charge in [-0.25, -0.2) is 14.8 Å². The number of hydrogen-bond donors (Lipinski definition) is 3. The first-order valence-electron chi connectivity index (χ1n) is 15.2. The number of carbonyl (C=O) groups excluding carboxylic acids is 2. The highest BCUT2D eigenvalue weighted by Gasteiger charge is 2.15. The van der Waals surface area contributed by atoms with Crippen LogP contribution in [0, 0.1) is 6.92 Å². The third kappa shape index (κ3) is 9.99. The molecular formula is C32H47N7O2. The van der Waals surface area contributed by atoms with Crippen LogP contribution in [0.3, 0.4) is 0 Å². The number of Topliss-reactive ketones (excluding diaryl/α,β-unsaturated/α-hetero) is 1. The summed E-state index contributed by atoms with van der Waals surface area (Å²) in [5.74, 6) is 1.13. The first-order valence-corrected chi connectivity index (χ1v) is 15.2. The Bertz CT molecular complexity index is 1270. The van der Waals surface area contributed by atoms with Crippen molar-refractivity contribution < 1.29 is 9.59 Å². The van der Waals surface area contributed by atoms with Gasteiger partial charge in [0, 0.05) is 48.5 Å². The first-order chi connectivity index (χ1) is 19.9. The van der Waals surface area contributed by atoms with Crippen molar-refractivity contribution in [1.29, 1.82) is 0 Å². The van der Waals surface area contributed by atoms with Crippen molar-refractivity contribution in [2.24, 2.45) is 0 Å². The average molecular weight is 562 g/mol. The molecule has 9 heteroatoms. The molecule has 0 bridgehead atoms. The van der Waals surface area contributed by atoms with Crippen LogP contribution in [0.25, 0.3) is 11.0 Å². The van der Waals surface area contributed by atoms with Gasteiger partial charge < -0.3 is 20.3 Å². The lowest BCUT2D eigenvalue weighted by Crippen LogP contribution is -2.37. The van der Waals surface area contributed by atoms with E-state index in [9.17, 15) is 9.59 Å². The number of aromatic nitrogens is 3. The van der Waals surface area contributed by atoms with Crippen molar-refractivity contribution in [3.63, 3.8) is 0 Å². The molecule has 0 unspecified atom stereocenters. The van der Waals surface area contributed by atoms with E-state index in [2.05, 4.69) is 61.8 Å². The summed E-state index contributed by atoms with van der Waals surface area (Å²) in [5, 5.41) is 10.0. The molecular weight excluding hydrogens is 514 g/mol. The molecule has 1 aromatic carbocycles. The van der Waals surface area contributed by atoms with E-state index in [1.54, 1.807) is 19.2 Å². The van der Waals surface area contributed by atoms with Crippen LogP contribution < -0.4 is 20.9 Å². The van der Waals surface area contributed by atoms with Gasteiger partial charge in [-0.2, -0.15) is 4.98 Å². The maximum absolute atomic E-state index is 12.5. The Kier molecular flexibility index (Phi) is 12.8. The Labute approximate surface area is 244 Å². The SMILES string of the molecule is CC.CCCN(CCCC(C)=O)c1ccc(Nc2ncc3ccc(NC(=O)NC4CCCCCC4)nc3n2)cc1C. The molecule has 9 nitrogen and oxygen atoms in total. The Morgan fingerprint density at radius 3 is 2.44 bits per heavy atom. The third-order valence-corrected chi connectivity index (χ3v) is 7.12. The second-order valence-electron chi connectivity index (χ2n) is 10.5. The van der Waals surface area contributed by atoms with Gasteiger partial charge in [-0.05, 0) is 75.4 Å². The number of anilines is 4. The van der Waals surface area contributed by atoms with Crippen LogP contribution in [0.15, 0.2) is 36.5 Å². The topological polar surface area (TPSA) is 112 Å².